The highest BCUT2D eigenvalue weighted by Crippen LogP contribution is 2.31. The van der Waals surface area contributed by atoms with E-state index in [4.69, 9.17) is 26.6 Å². The van der Waals surface area contributed by atoms with Crippen LogP contribution >= 0.6 is 11.6 Å². The van der Waals surface area contributed by atoms with E-state index in [2.05, 4.69) is 16.0 Å². The standard InChI is InChI=1S/C21H32ClN3O8.C2H6/c1-11-17(20(31)23-6-14(28)8-26)12(2)19(25-16(30)10-33-5-4-22)13(3)18(11)21(32)24-7-15(29)9-27;1-2/h14-15,26-29H,4-10H2,1-3H3,(H,23,31)(H,24,32)(H,25,30);1-2H3. The van der Waals surface area contributed by atoms with Gasteiger partial charge in [0.05, 0.1) is 32.0 Å². The largest absolute Gasteiger partial charge is 0.394 e. The van der Waals surface area contributed by atoms with Gasteiger partial charge in [-0.2, -0.15) is 0 Å². The van der Waals surface area contributed by atoms with Gasteiger partial charge in [0.2, 0.25) is 5.91 Å². The number of aliphatic hydroxyl groups excluding tert-OH is 4. The summed E-state index contributed by atoms with van der Waals surface area (Å²) in [5.41, 5.74) is 1.54. The summed E-state index contributed by atoms with van der Waals surface area (Å²) in [6.45, 7) is 7.11. The molecule has 0 aliphatic heterocycles. The molecule has 2 unspecified atom stereocenters. The van der Waals surface area contributed by atoms with Crippen molar-refractivity contribution in [3.05, 3.63) is 27.8 Å². The molecule has 12 heteroatoms. The number of rotatable bonds is 13. The third kappa shape index (κ3) is 10.1. The molecular weight excluding hydrogens is 482 g/mol. The fraction of sp³-hybridized carbons (Fsp3) is 0.609. The third-order valence-corrected chi connectivity index (χ3v) is 5.00. The summed E-state index contributed by atoms with van der Waals surface area (Å²) in [6.07, 6.45) is -2.33. The number of nitrogens with one attached hydrogen (secondary N) is 3. The van der Waals surface area contributed by atoms with E-state index in [1.807, 2.05) is 13.8 Å². The number of aliphatic hydroxyl groups is 4. The molecule has 0 aromatic heterocycles. The SMILES string of the molecule is CC.Cc1c(NC(=O)COCCCl)c(C)c(C(=O)NCC(O)CO)c(C)c1C(=O)NCC(O)CO. The van der Waals surface area contributed by atoms with Gasteiger partial charge >= 0.3 is 0 Å². The highest BCUT2D eigenvalue weighted by atomic mass is 35.5. The monoisotopic (exact) mass is 519 g/mol. The third-order valence-electron chi connectivity index (χ3n) is 4.84. The number of carbonyl (C=O) groups is 3. The van der Waals surface area contributed by atoms with Crippen molar-refractivity contribution in [2.24, 2.45) is 0 Å². The molecule has 0 radical (unpaired) electrons. The van der Waals surface area contributed by atoms with Gasteiger partial charge in [-0.1, -0.05) is 13.8 Å². The van der Waals surface area contributed by atoms with Gasteiger partial charge in [0.15, 0.2) is 0 Å². The van der Waals surface area contributed by atoms with Gasteiger partial charge in [-0.3, -0.25) is 14.4 Å². The number of hydrogen-bond donors (Lipinski definition) is 7. The number of ether oxygens (including phenoxy) is 1. The Bertz CT molecular complexity index is 798. The maximum absolute atomic E-state index is 12.9. The lowest BCUT2D eigenvalue weighted by Gasteiger charge is -2.22. The second-order valence-corrected chi connectivity index (χ2v) is 7.76. The highest BCUT2D eigenvalue weighted by molar-refractivity contribution is 6.18. The molecule has 0 aliphatic rings. The van der Waals surface area contributed by atoms with E-state index >= 15 is 0 Å². The van der Waals surface area contributed by atoms with Crippen LogP contribution in [-0.4, -0.2) is 95.8 Å². The van der Waals surface area contributed by atoms with E-state index in [-0.39, 0.29) is 49.0 Å². The van der Waals surface area contributed by atoms with Crippen LogP contribution in [0, 0.1) is 20.8 Å². The summed E-state index contributed by atoms with van der Waals surface area (Å²) >= 11 is 5.54. The van der Waals surface area contributed by atoms with Crippen molar-refractivity contribution in [2.75, 3.05) is 50.7 Å². The lowest BCUT2D eigenvalue weighted by Crippen LogP contribution is -2.37. The fourth-order valence-electron chi connectivity index (χ4n) is 3.21. The summed E-state index contributed by atoms with van der Waals surface area (Å²) in [5, 5.41) is 44.7. The normalized spacial score (nSPS) is 12.2. The Kier molecular flexibility index (Phi) is 16.1. The molecule has 2 atom stereocenters. The molecule has 0 spiro atoms. The van der Waals surface area contributed by atoms with Crippen LogP contribution in [0.3, 0.4) is 0 Å². The Hall–Kier alpha value is -2.28. The summed E-state index contributed by atoms with van der Waals surface area (Å²) in [6, 6.07) is 0. The zero-order valence-corrected chi connectivity index (χ0v) is 21.7. The molecule has 0 bridgehead atoms. The Morgan fingerprint density at radius 2 is 1.29 bits per heavy atom. The van der Waals surface area contributed by atoms with E-state index in [0.717, 1.165) is 0 Å². The molecule has 1 aromatic carbocycles. The van der Waals surface area contributed by atoms with Crippen molar-refractivity contribution in [2.45, 2.75) is 46.8 Å². The predicted molar refractivity (Wildman–Crippen MR) is 133 cm³/mol. The first-order valence-corrected chi connectivity index (χ1v) is 11.8. The average Bonchev–Trinajstić information content (AvgIpc) is 2.84. The van der Waals surface area contributed by atoms with Crippen LogP contribution in [-0.2, 0) is 9.53 Å². The quantitative estimate of drug-likeness (QED) is 0.140. The molecular formula is C23H38ClN3O8. The van der Waals surface area contributed by atoms with Crippen LogP contribution in [0.15, 0.2) is 0 Å². The average molecular weight is 520 g/mol. The molecule has 1 rings (SSSR count). The zero-order chi connectivity index (χ0) is 27.1. The van der Waals surface area contributed by atoms with Crippen LogP contribution in [0.5, 0.6) is 0 Å². The molecule has 0 aliphatic carbocycles. The molecule has 0 fully saturated rings. The van der Waals surface area contributed by atoms with Crippen LogP contribution in [0.2, 0.25) is 0 Å². The number of amides is 3. The smallest absolute Gasteiger partial charge is 0.252 e. The Labute approximate surface area is 210 Å². The Morgan fingerprint density at radius 3 is 1.66 bits per heavy atom. The first kappa shape index (κ1) is 32.7. The first-order chi connectivity index (χ1) is 16.6. The summed E-state index contributed by atoms with van der Waals surface area (Å²) in [7, 11) is 0. The summed E-state index contributed by atoms with van der Waals surface area (Å²) in [5.74, 6) is -1.53. The second-order valence-electron chi connectivity index (χ2n) is 7.38. The van der Waals surface area contributed by atoms with Crippen LogP contribution in [0.1, 0.15) is 51.3 Å². The molecule has 200 valence electrons. The lowest BCUT2D eigenvalue weighted by molar-refractivity contribution is -0.120. The van der Waals surface area contributed by atoms with Crippen LogP contribution < -0.4 is 16.0 Å². The van der Waals surface area contributed by atoms with E-state index in [0.29, 0.717) is 16.7 Å². The maximum atomic E-state index is 12.9. The van der Waals surface area contributed by atoms with Crippen molar-refractivity contribution in [3.8, 4) is 0 Å². The molecule has 35 heavy (non-hydrogen) atoms. The zero-order valence-electron chi connectivity index (χ0n) is 20.9. The number of carbonyl (C=O) groups excluding carboxylic acids is 3. The van der Waals surface area contributed by atoms with Gasteiger partial charge in [-0.05, 0) is 37.5 Å². The number of hydrogen-bond acceptors (Lipinski definition) is 8. The fourth-order valence-corrected chi connectivity index (χ4v) is 3.32. The number of halogens is 1. The minimum absolute atomic E-state index is 0.107. The number of anilines is 1. The molecule has 11 nitrogen and oxygen atoms in total. The minimum Gasteiger partial charge on any atom is -0.394 e. The Morgan fingerprint density at radius 1 is 0.857 bits per heavy atom. The van der Waals surface area contributed by atoms with Crippen molar-refractivity contribution < 1.29 is 39.5 Å². The first-order valence-electron chi connectivity index (χ1n) is 11.3. The van der Waals surface area contributed by atoms with Gasteiger partial charge in [0, 0.05) is 35.8 Å². The molecule has 1 aromatic rings. The topological polar surface area (TPSA) is 177 Å². The van der Waals surface area contributed by atoms with E-state index in [1.54, 1.807) is 20.8 Å². The van der Waals surface area contributed by atoms with Gasteiger partial charge in [0.25, 0.3) is 11.8 Å². The van der Waals surface area contributed by atoms with Crippen molar-refractivity contribution in [3.63, 3.8) is 0 Å². The van der Waals surface area contributed by atoms with Crippen LogP contribution in [0.25, 0.3) is 0 Å². The Balaban J connectivity index is 0.00000562. The lowest BCUT2D eigenvalue weighted by atomic mass is 9.90. The van der Waals surface area contributed by atoms with Crippen molar-refractivity contribution in [1.29, 1.82) is 0 Å². The van der Waals surface area contributed by atoms with Gasteiger partial charge in [-0.15, -0.1) is 11.6 Å². The number of benzene rings is 1. The van der Waals surface area contributed by atoms with Crippen molar-refractivity contribution >= 4 is 35.0 Å². The molecule has 3 amide bonds. The van der Waals surface area contributed by atoms with Gasteiger partial charge < -0.3 is 41.1 Å². The van der Waals surface area contributed by atoms with Gasteiger partial charge in [-0.25, -0.2) is 0 Å². The molecule has 0 heterocycles. The maximum Gasteiger partial charge on any atom is 0.252 e. The van der Waals surface area contributed by atoms with E-state index in [9.17, 15) is 24.6 Å². The molecule has 0 saturated carbocycles. The van der Waals surface area contributed by atoms with Crippen molar-refractivity contribution in [1.82, 2.24) is 10.6 Å². The van der Waals surface area contributed by atoms with E-state index in [1.165, 1.54) is 0 Å². The minimum atomic E-state index is -1.17. The van der Waals surface area contributed by atoms with Gasteiger partial charge in [0.1, 0.15) is 6.61 Å². The number of alkyl halides is 1. The van der Waals surface area contributed by atoms with E-state index < -0.39 is 43.1 Å². The molecule has 0 saturated heterocycles. The summed E-state index contributed by atoms with van der Waals surface area (Å²) in [4.78, 5) is 38.1. The highest BCUT2D eigenvalue weighted by Gasteiger charge is 2.26. The predicted octanol–water partition coefficient (Wildman–Crippen LogP) is -0.00204. The van der Waals surface area contributed by atoms with Crippen LogP contribution in [0.4, 0.5) is 5.69 Å². The second kappa shape index (κ2) is 17.2. The summed E-state index contributed by atoms with van der Waals surface area (Å²) < 4.78 is 5.12. The molecule has 7 N–H and O–H groups in total.